The second-order valence-corrected chi connectivity index (χ2v) is 5.69. The van der Waals surface area contributed by atoms with Crippen LogP contribution in [0.15, 0.2) is 28.7 Å². The minimum Gasteiger partial charge on any atom is -0.341 e. The average molecular weight is 348 g/mol. The van der Waals surface area contributed by atoms with E-state index in [9.17, 15) is 4.79 Å². The molecule has 0 aromatic heterocycles. The van der Waals surface area contributed by atoms with Gasteiger partial charge in [-0.15, -0.1) is 12.4 Å². The van der Waals surface area contributed by atoms with Crippen molar-refractivity contribution in [3.05, 3.63) is 34.3 Å². The van der Waals surface area contributed by atoms with Crippen molar-refractivity contribution < 1.29 is 4.79 Å². The van der Waals surface area contributed by atoms with Gasteiger partial charge in [0.15, 0.2) is 0 Å². The van der Waals surface area contributed by atoms with Crippen molar-refractivity contribution in [3.63, 3.8) is 0 Å². The first kappa shape index (κ1) is 16.5. The van der Waals surface area contributed by atoms with Crippen molar-refractivity contribution in [2.24, 2.45) is 0 Å². The molecule has 1 fully saturated rings. The van der Waals surface area contributed by atoms with Gasteiger partial charge in [0.25, 0.3) is 0 Å². The molecule has 1 amide bonds. The molecular weight excluding hydrogens is 328 g/mol. The Bertz CT molecular complexity index is 422. The van der Waals surface area contributed by atoms with Crippen LogP contribution in [0.1, 0.15) is 24.8 Å². The summed E-state index contributed by atoms with van der Waals surface area (Å²) >= 11 is 3.51. The summed E-state index contributed by atoms with van der Waals surface area (Å²) < 4.78 is 1.06. The SMILES string of the molecule is CN(Cc1ccccc1Br)C(=O)CC1CCCN1.Cl. The van der Waals surface area contributed by atoms with Crippen molar-refractivity contribution in [1.82, 2.24) is 10.2 Å². The molecule has 0 radical (unpaired) electrons. The van der Waals surface area contributed by atoms with Crippen LogP contribution in [0.4, 0.5) is 0 Å². The summed E-state index contributed by atoms with van der Waals surface area (Å²) in [6, 6.07) is 8.40. The van der Waals surface area contributed by atoms with E-state index in [4.69, 9.17) is 0 Å². The monoisotopic (exact) mass is 346 g/mol. The lowest BCUT2D eigenvalue weighted by molar-refractivity contribution is -0.130. The van der Waals surface area contributed by atoms with Crippen LogP contribution in [0.5, 0.6) is 0 Å². The van der Waals surface area contributed by atoms with Gasteiger partial charge in [-0.05, 0) is 31.0 Å². The number of nitrogens with zero attached hydrogens (tertiary/aromatic N) is 1. The van der Waals surface area contributed by atoms with Gasteiger partial charge in [0.05, 0.1) is 0 Å². The van der Waals surface area contributed by atoms with Crippen LogP contribution in [0, 0.1) is 0 Å². The Morgan fingerprint density at radius 1 is 1.47 bits per heavy atom. The van der Waals surface area contributed by atoms with Gasteiger partial charge in [-0.25, -0.2) is 0 Å². The largest absolute Gasteiger partial charge is 0.341 e. The van der Waals surface area contributed by atoms with Gasteiger partial charge in [-0.1, -0.05) is 34.1 Å². The number of hydrogen-bond acceptors (Lipinski definition) is 2. The van der Waals surface area contributed by atoms with E-state index in [2.05, 4.69) is 21.2 Å². The fourth-order valence-electron chi connectivity index (χ4n) is 2.27. The standard InChI is InChI=1S/C14H19BrN2O.ClH/c1-17(10-11-5-2-3-7-13(11)15)14(18)9-12-6-4-8-16-12;/h2-3,5,7,12,16H,4,6,8-10H2,1H3;1H. The number of carbonyl (C=O) groups excluding carboxylic acids is 1. The molecule has 1 saturated heterocycles. The van der Waals surface area contributed by atoms with Crippen LogP contribution in [0.2, 0.25) is 0 Å². The molecule has 1 aliphatic rings. The molecule has 3 nitrogen and oxygen atoms in total. The van der Waals surface area contributed by atoms with E-state index in [1.807, 2.05) is 31.3 Å². The number of halogens is 2. The van der Waals surface area contributed by atoms with Crippen LogP contribution in [-0.2, 0) is 11.3 Å². The molecule has 0 spiro atoms. The lowest BCUT2D eigenvalue weighted by Crippen LogP contribution is -2.33. The van der Waals surface area contributed by atoms with E-state index in [0.717, 1.165) is 23.0 Å². The minimum absolute atomic E-state index is 0. The van der Waals surface area contributed by atoms with E-state index in [0.29, 0.717) is 19.0 Å². The number of hydrogen-bond donors (Lipinski definition) is 1. The van der Waals surface area contributed by atoms with Crippen molar-refractivity contribution >= 4 is 34.2 Å². The molecule has 0 saturated carbocycles. The molecule has 1 aliphatic heterocycles. The lowest BCUT2D eigenvalue weighted by Gasteiger charge is -2.20. The molecular formula is C14H20BrClN2O. The number of amides is 1. The fourth-order valence-corrected chi connectivity index (χ4v) is 2.68. The Morgan fingerprint density at radius 2 is 2.21 bits per heavy atom. The molecule has 106 valence electrons. The first-order valence-corrected chi connectivity index (χ1v) is 7.17. The highest BCUT2D eigenvalue weighted by atomic mass is 79.9. The normalized spacial score (nSPS) is 17.9. The van der Waals surface area contributed by atoms with Gasteiger partial charge in [0.2, 0.25) is 5.91 Å². The molecule has 0 bridgehead atoms. The predicted molar refractivity (Wildman–Crippen MR) is 83.5 cm³/mol. The summed E-state index contributed by atoms with van der Waals surface area (Å²) in [7, 11) is 1.87. The number of benzene rings is 1. The maximum atomic E-state index is 12.1. The topological polar surface area (TPSA) is 32.3 Å². The second-order valence-electron chi connectivity index (χ2n) is 4.84. The van der Waals surface area contributed by atoms with Crippen LogP contribution in [-0.4, -0.2) is 30.4 Å². The second kappa shape index (κ2) is 7.88. The summed E-state index contributed by atoms with van der Waals surface area (Å²) in [6.45, 7) is 1.71. The number of carbonyl (C=O) groups is 1. The number of nitrogens with one attached hydrogen (secondary N) is 1. The van der Waals surface area contributed by atoms with Gasteiger partial charge in [-0.2, -0.15) is 0 Å². The third-order valence-electron chi connectivity index (χ3n) is 3.37. The van der Waals surface area contributed by atoms with Gasteiger partial charge < -0.3 is 10.2 Å². The van der Waals surface area contributed by atoms with Crippen molar-refractivity contribution in [2.75, 3.05) is 13.6 Å². The summed E-state index contributed by atoms with van der Waals surface area (Å²) in [4.78, 5) is 13.9. The van der Waals surface area contributed by atoms with Gasteiger partial charge in [-0.3, -0.25) is 4.79 Å². The molecule has 0 aliphatic carbocycles. The summed E-state index contributed by atoms with van der Waals surface area (Å²) in [6.07, 6.45) is 2.92. The third-order valence-corrected chi connectivity index (χ3v) is 4.15. The minimum atomic E-state index is 0. The zero-order chi connectivity index (χ0) is 13.0. The van der Waals surface area contributed by atoms with Crippen molar-refractivity contribution in [2.45, 2.75) is 31.8 Å². The Balaban J connectivity index is 0.00000180. The maximum Gasteiger partial charge on any atom is 0.224 e. The van der Waals surface area contributed by atoms with Gasteiger partial charge in [0, 0.05) is 30.5 Å². The third kappa shape index (κ3) is 4.79. The summed E-state index contributed by atoms with van der Waals surface area (Å²) in [5, 5.41) is 3.36. The highest BCUT2D eigenvalue weighted by Crippen LogP contribution is 2.18. The molecule has 1 aromatic rings. The van der Waals surface area contributed by atoms with Crippen LogP contribution < -0.4 is 5.32 Å². The smallest absolute Gasteiger partial charge is 0.224 e. The van der Waals surface area contributed by atoms with E-state index in [-0.39, 0.29) is 18.3 Å². The van der Waals surface area contributed by atoms with Crippen molar-refractivity contribution in [3.8, 4) is 0 Å². The van der Waals surface area contributed by atoms with Crippen LogP contribution in [0.25, 0.3) is 0 Å². The fraction of sp³-hybridized carbons (Fsp3) is 0.500. The maximum absolute atomic E-state index is 12.1. The Morgan fingerprint density at radius 3 is 2.84 bits per heavy atom. The van der Waals surface area contributed by atoms with Crippen LogP contribution in [0.3, 0.4) is 0 Å². The van der Waals surface area contributed by atoms with E-state index in [1.165, 1.54) is 6.42 Å². The van der Waals surface area contributed by atoms with E-state index < -0.39 is 0 Å². The zero-order valence-corrected chi connectivity index (χ0v) is 13.5. The number of rotatable bonds is 4. The van der Waals surface area contributed by atoms with Crippen LogP contribution >= 0.6 is 28.3 Å². The molecule has 1 heterocycles. The molecule has 1 aromatic carbocycles. The molecule has 2 rings (SSSR count). The first-order valence-electron chi connectivity index (χ1n) is 6.37. The summed E-state index contributed by atoms with van der Waals surface area (Å²) in [5.74, 6) is 0.213. The molecule has 5 heteroatoms. The highest BCUT2D eigenvalue weighted by molar-refractivity contribution is 9.10. The van der Waals surface area contributed by atoms with Crippen molar-refractivity contribution in [1.29, 1.82) is 0 Å². The van der Waals surface area contributed by atoms with E-state index in [1.54, 1.807) is 4.90 Å². The van der Waals surface area contributed by atoms with E-state index >= 15 is 0 Å². The Labute approximate surface area is 129 Å². The molecule has 19 heavy (non-hydrogen) atoms. The average Bonchev–Trinajstić information content (AvgIpc) is 2.84. The first-order chi connectivity index (χ1) is 8.66. The molecule has 1 N–H and O–H groups in total. The lowest BCUT2D eigenvalue weighted by atomic mass is 10.1. The van der Waals surface area contributed by atoms with Gasteiger partial charge >= 0.3 is 0 Å². The Kier molecular flexibility index (Phi) is 6.83. The highest BCUT2D eigenvalue weighted by Gasteiger charge is 2.20. The zero-order valence-electron chi connectivity index (χ0n) is 11.1. The van der Waals surface area contributed by atoms with Gasteiger partial charge in [0.1, 0.15) is 0 Å². The molecule has 1 atom stereocenters. The quantitative estimate of drug-likeness (QED) is 0.908. The Hall–Kier alpha value is -0.580. The molecule has 1 unspecified atom stereocenters. The predicted octanol–water partition coefficient (Wildman–Crippen LogP) is 2.97. The summed E-state index contributed by atoms with van der Waals surface area (Å²) in [5.41, 5.74) is 1.15.